The van der Waals surface area contributed by atoms with Crippen LogP contribution in [-0.2, 0) is 11.2 Å². The number of likely N-dealkylation sites (tertiary alicyclic amines) is 1. The van der Waals surface area contributed by atoms with Gasteiger partial charge in [-0.2, -0.15) is 4.99 Å². The number of amidine groups is 1. The van der Waals surface area contributed by atoms with E-state index in [0.29, 0.717) is 22.5 Å². The number of thioether (sulfide) groups is 1. The number of hydrogen-bond donors (Lipinski definition) is 0. The maximum atomic E-state index is 12.1. The number of carbonyl (C=O) groups excluding carboxylic acids is 1. The second-order valence-electron chi connectivity index (χ2n) is 5.86. The Morgan fingerprint density at radius 3 is 2.75 bits per heavy atom. The second-order valence-corrected chi connectivity index (χ2v) is 6.87. The van der Waals surface area contributed by atoms with Crippen molar-refractivity contribution in [3.63, 3.8) is 0 Å². The fourth-order valence-corrected chi connectivity index (χ4v) is 3.87. The molecule has 0 unspecified atom stereocenters. The number of piperidine rings is 1. The Kier molecular flexibility index (Phi) is 4.99. The van der Waals surface area contributed by atoms with E-state index in [0.717, 1.165) is 31.1 Å². The minimum atomic E-state index is -0.375. The number of benzene rings is 1. The van der Waals surface area contributed by atoms with Crippen molar-refractivity contribution < 1.29 is 9.72 Å². The number of rotatable bonds is 3. The van der Waals surface area contributed by atoms with Gasteiger partial charge in [0.25, 0.3) is 11.6 Å². The molecule has 2 aliphatic rings. The average Bonchev–Trinajstić information content (AvgIpc) is 2.96. The van der Waals surface area contributed by atoms with Crippen LogP contribution in [0.25, 0.3) is 6.08 Å². The molecule has 0 N–H and O–H groups in total. The number of hydrogen-bond acceptors (Lipinski definition) is 5. The summed E-state index contributed by atoms with van der Waals surface area (Å²) in [4.78, 5) is 29.8. The van der Waals surface area contributed by atoms with Gasteiger partial charge < -0.3 is 4.90 Å². The highest BCUT2D eigenvalue weighted by molar-refractivity contribution is 8.18. The Hall–Kier alpha value is -2.15. The minimum absolute atomic E-state index is 0.0967. The zero-order valence-corrected chi connectivity index (χ0v) is 14.3. The summed E-state index contributed by atoms with van der Waals surface area (Å²) in [6, 6.07) is 5.09. The molecule has 1 aromatic carbocycles. The molecule has 3 rings (SSSR count). The van der Waals surface area contributed by atoms with Crippen LogP contribution in [0.3, 0.4) is 0 Å². The first-order valence-electron chi connectivity index (χ1n) is 8.13. The number of nitrogens with zero attached hydrogens (tertiary/aromatic N) is 3. The summed E-state index contributed by atoms with van der Waals surface area (Å²) < 4.78 is 0. The first kappa shape index (κ1) is 16.7. The Bertz CT molecular complexity index is 737. The van der Waals surface area contributed by atoms with Gasteiger partial charge in [0.05, 0.1) is 9.83 Å². The largest absolute Gasteiger partial charge is 0.351 e. The molecule has 1 fully saturated rings. The van der Waals surface area contributed by atoms with Crippen molar-refractivity contribution in [3.8, 4) is 0 Å². The number of aryl methyl sites for hydroxylation is 1. The molecule has 0 bridgehead atoms. The van der Waals surface area contributed by atoms with E-state index in [2.05, 4.69) is 9.89 Å². The van der Waals surface area contributed by atoms with Gasteiger partial charge in [0.2, 0.25) is 0 Å². The molecule has 24 heavy (non-hydrogen) atoms. The normalized spacial score (nSPS) is 19.7. The van der Waals surface area contributed by atoms with E-state index < -0.39 is 0 Å². The fraction of sp³-hybridized carbons (Fsp3) is 0.412. The van der Waals surface area contributed by atoms with Crippen LogP contribution in [0.5, 0.6) is 0 Å². The van der Waals surface area contributed by atoms with Gasteiger partial charge in [-0.15, -0.1) is 0 Å². The second kappa shape index (κ2) is 7.17. The van der Waals surface area contributed by atoms with E-state index in [1.807, 2.05) is 13.0 Å². The number of carbonyl (C=O) groups is 1. The van der Waals surface area contributed by atoms with Gasteiger partial charge in [0.15, 0.2) is 5.17 Å². The molecule has 7 heteroatoms. The Morgan fingerprint density at radius 2 is 2.08 bits per heavy atom. The van der Waals surface area contributed by atoms with Crippen molar-refractivity contribution in [2.45, 2.75) is 32.6 Å². The number of amides is 1. The van der Waals surface area contributed by atoms with E-state index in [1.165, 1.54) is 24.2 Å². The van der Waals surface area contributed by atoms with E-state index in [1.54, 1.807) is 12.1 Å². The summed E-state index contributed by atoms with van der Waals surface area (Å²) in [5, 5.41) is 11.9. The summed E-state index contributed by atoms with van der Waals surface area (Å²) in [5.74, 6) is -0.261. The minimum Gasteiger partial charge on any atom is -0.351 e. The standard InChI is InChI=1S/C17H19N3O3S/c1-2-13-7-6-12(10-14(13)20(22)23)11-15-16(21)18-17(24-15)19-8-4-3-5-9-19/h6-7,10-11H,2-5,8-9H2,1H3/b15-11-. The number of aliphatic imine (C=N–C) groups is 1. The van der Waals surface area contributed by atoms with Crippen molar-refractivity contribution in [1.82, 2.24) is 4.90 Å². The molecule has 1 saturated heterocycles. The maximum Gasteiger partial charge on any atom is 0.286 e. The molecule has 0 aliphatic carbocycles. The third-order valence-electron chi connectivity index (χ3n) is 4.22. The highest BCUT2D eigenvalue weighted by atomic mass is 32.2. The lowest BCUT2D eigenvalue weighted by molar-refractivity contribution is -0.385. The van der Waals surface area contributed by atoms with Crippen molar-refractivity contribution in [2.24, 2.45) is 4.99 Å². The molecule has 0 saturated carbocycles. The molecule has 0 spiro atoms. The Morgan fingerprint density at radius 1 is 1.33 bits per heavy atom. The smallest absolute Gasteiger partial charge is 0.286 e. The fourth-order valence-electron chi connectivity index (χ4n) is 2.91. The van der Waals surface area contributed by atoms with Crippen LogP contribution >= 0.6 is 11.8 Å². The zero-order valence-electron chi connectivity index (χ0n) is 13.5. The van der Waals surface area contributed by atoms with Crippen molar-refractivity contribution in [2.75, 3.05) is 13.1 Å². The van der Waals surface area contributed by atoms with E-state index in [4.69, 9.17) is 0 Å². The summed E-state index contributed by atoms with van der Waals surface area (Å²) in [7, 11) is 0. The molecule has 2 aliphatic heterocycles. The molecule has 1 amide bonds. The summed E-state index contributed by atoms with van der Waals surface area (Å²) in [5.41, 5.74) is 1.45. The van der Waals surface area contributed by atoms with Crippen molar-refractivity contribution in [3.05, 3.63) is 44.3 Å². The van der Waals surface area contributed by atoms with E-state index >= 15 is 0 Å². The van der Waals surface area contributed by atoms with Gasteiger partial charge in [-0.3, -0.25) is 14.9 Å². The SMILES string of the molecule is CCc1ccc(/C=C2\SC(N3CCCCC3)=NC2=O)cc1[N+](=O)[O-]. The molecular weight excluding hydrogens is 326 g/mol. The van der Waals surface area contributed by atoms with Crippen LogP contribution in [0.15, 0.2) is 28.1 Å². The summed E-state index contributed by atoms with van der Waals surface area (Å²) >= 11 is 1.36. The highest BCUT2D eigenvalue weighted by Crippen LogP contribution is 2.32. The lowest BCUT2D eigenvalue weighted by Crippen LogP contribution is -2.33. The van der Waals surface area contributed by atoms with Crippen molar-refractivity contribution >= 4 is 34.6 Å². The van der Waals surface area contributed by atoms with Crippen LogP contribution in [0.2, 0.25) is 0 Å². The van der Waals surface area contributed by atoms with Gasteiger partial charge in [0.1, 0.15) is 0 Å². The summed E-state index contributed by atoms with van der Waals surface area (Å²) in [6.45, 7) is 3.75. The van der Waals surface area contributed by atoms with E-state index in [9.17, 15) is 14.9 Å². The first-order valence-corrected chi connectivity index (χ1v) is 8.95. The number of nitro groups is 1. The van der Waals surface area contributed by atoms with Gasteiger partial charge >= 0.3 is 0 Å². The third-order valence-corrected chi connectivity index (χ3v) is 5.26. The third kappa shape index (κ3) is 3.51. The van der Waals surface area contributed by atoms with Gasteiger partial charge in [-0.1, -0.05) is 19.1 Å². The molecular formula is C17H19N3O3S. The Labute approximate surface area is 144 Å². The van der Waals surface area contributed by atoms with Crippen LogP contribution in [0.4, 0.5) is 5.69 Å². The zero-order chi connectivity index (χ0) is 17.1. The molecule has 0 atom stereocenters. The van der Waals surface area contributed by atoms with Gasteiger partial charge in [0, 0.05) is 24.7 Å². The molecule has 6 nitrogen and oxygen atoms in total. The van der Waals surface area contributed by atoms with E-state index in [-0.39, 0.29) is 16.5 Å². The van der Waals surface area contributed by atoms with Crippen LogP contribution in [0.1, 0.15) is 37.3 Å². The molecule has 0 radical (unpaired) electrons. The average molecular weight is 345 g/mol. The topological polar surface area (TPSA) is 75.8 Å². The van der Waals surface area contributed by atoms with Crippen LogP contribution in [-0.4, -0.2) is 34.0 Å². The van der Waals surface area contributed by atoms with Crippen molar-refractivity contribution in [1.29, 1.82) is 0 Å². The van der Waals surface area contributed by atoms with Crippen LogP contribution in [0, 0.1) is 10.1 Å². The molecule has 0 aromatic heterocycles. The molecule has 1 aromatic rings. The highest BCUT2D eigenvalue weighted by Gasteiger charge is 2.27. The maximum absolute atomic E-state index is 12.1. The van der Waals surface area contributed by atoms with Crippen LogP contribution < -0.4 is 0 Å². The first-order chi connectivity index (χ1) is 11.6. The van der Waals surface area contributed by atoms with Gasteiger partial charge in [-0.25, -0.2) is 0 Å². The number of nitro benzene ring substituents is 1. The molecule has 126 valence electrons. The lowest BCUT2D eigenvalue weighted by Gasteiger charge is -2.27. The quantitative estimate of drug-likeness (QED) is 0.475. The van der Waals surface area contributed by atoms with Gasteiger partial charge in [-0.05, 0) is 49.1 Å². The molecule has 2 heterocycles. The predicted octanol–water partition coefficient (Wildman–Crippen LogP) is 3.61. The monoisotopic (exact) mass is 345 g/mol. The lowest BCUT2D eigenvalue weighted by atomic mass is 10.1. The summed E-state index contributed by atoms with van der Waals surface area (Å²) in [6.07, 6.45) is 5.76. The predicted molar refractivity (Wildman–Crippen MR) is 95.9 cm³/mol. The Balaban J connectivity index is 1.81.